The van der Waals surface area contributed by atoms with Crippen molar-refractivity contribution in [2.75, 3.05) is 78.7 Å². The third-order valence-electron chi connectivity index (χ3n) is 3.97. The Bertz CT molecular complexity index is 146. The van der Waals surface area contributed by atoms with Crippen LogP contribution in [0, 0.1) is 0 Å². The molecule has 4 aliphatic heterocycles. The van der Waals surface area contributed by atoms with Crippen molar-refractivity contribution in [1.29, 1.82) is 0 Å². The van der Waals surface area contributed by atoms with E-state index < -0.39 is 0 Å². The first-order chi connectivity index (χ1) is 11.5. The van der Waals surface area contributed by atoms with Gasteiger partial charge in [0.2, 0.25) is 0 Å². The zero-order valence-electron chi connectivity index (χ0n) is 14.9. The lowest BCUT2D eigenvalue weighted by Gasteiger charge is -2.11. The number of nitrogens with one attached hydrogen (secondary N) is 5. The zero-order valence-corrected chi connectivity index (χ0v) is 14.9. The average Bonchev–Trinajstić information content (AvgIpc) is 3.27. The first kappa shape index (κ1) is 30.5. The van der Waals surface area contributed by atoms with Crippen LogP contribution in [-0.4, -0.2) is 78.7 Å². The topological polar surface area (TPSA) is 69.4 Å². The third kappa shape index (κ3) is 23.8. The van der Waals surface area contributed by atoms with Crippen LogP contribution >= 0.6 is 0 Å². The van der Waals surface area contributed by atoms with E-state index in [1.54, 1.807) is 0 Å². The Morgan fingerprint density at radius 3 is 0.808 bits per heavy atom. The molecule has 0 amide bonds. The van der Waals surface area contributed by atoms with Gasteiger partial charge in [-0.1, -0.05) is 28.7 Å². The number of rotatable bonds is 0. The Kier molecular flexibility index (Phi) is 31.6. The van der Waals surface area contributed by atoms with Gasteiger partial charge in [-0.2, -0.15) is 0 Å². The summed E-state index contributed by atoms with van der Waals surface area (Å²) >= 11 is 0. The second-order valence-corrected chi connectivity index (χ2v) is 6.13. The molecular formula is C20H51N5O. The van der Waals surface area contributed by atoms with E-state index in [2.05, 4.69) is 26.6 Å². The molecule has 0 bridgehead atoms. The van der Waals surface area contributed by atoms with Crippen LogP contribution < -0.4 is 26.6 Å². The molecule has 0 aliphatic carbocycles. The Morgan fingerprint density at radius 2 is 0.654 bits per heavy atom. The highest BCUT2D eigenvalue weighted by atomic mass is 16.5. The van der Waals surface area contributed by atoms with Crippen molar-refractivity contribution < 1.29 is 4.74 Å². The molecular weight excluding hydrogens is 326 g/mol. The summed E-state index contributed by atoms with van der Waals surface area (Å²) in [6.45, 7) is 13.4. The summed E-state index contributed by atoms with van der Waals surface area (Å²) in [5, 5.41) is 16.1. The second-order valence-electron chi connectivity index (χ2n) is 6.13. The van der Waals surface area contributed by atoms with Gasteiger partial charge in [-0.15, -0.1) is 0 Å². The summed E-state index contributed by atoms with van der Waals surface area (Å²) in [6, 6.07) is 0. The molecule has 0 saturated carbocycles. The van der Waals surface area contributed by atoms with Gasteiger partial charge in [0.05, 0.1) is 13.2 Å². The lowest BCUT2D eigenvalue weighted by atomic mass is 10.2. The van der Waals surface area contributed by atoms with Gasteiger partial charge in [-0.25, -0.2) is 0 Å². The van der Waals surface area contributed by atoms with Crippen molar-refractivity contribution in [3.63, 3.8) is 0 Å². The van der Waals surface area contributed by atoms with Gasteiger partial charge < -0.3 is 31.3 Å². The quantitative estimate of drug-likeness (QED) is 0.444. The molecule has 0 spiro atoms. The van der Waals surface area contributed by atoms with Gasteiger partial charge in [0, 0.05) is 39.3 Å². The van der Waals surface area contributed by atoms with E-state index in [0.29, 0.717) is 0 Å². The van der Waals surface area contributed by atoms with Crippen LogP contribution in [0.25, 0.3) is 0 Å². The van der Waals surface area contributed by atoms with E-state index in [1.807, 2.05) is 0 Å². The van der Waals surface area contributed by atoms with Crippen LogP contribution in [0.4, 0.5) is 0 Å². The van der Waals surface area contributed by atoms with Gasteiger partial charge in [0.15, 0.2) is 0 Å². The van der Waals surface area contributed by atoms with Gasteiger partial charge in [0.1, 0.15) is 0 Å². The van der Waals surface area contributed by atoms with E-state index in [1.165, 1.54) is 58.3 Å². The minimum Gasteiger partial charge on any atom is -0.379 e. The monoisotopic (exact) mass is 377 g/mol. The number of hydrogen-bond acceptors (Lipinski definition) is 6. The number of piperidine rings is 1. The van der Waals surface area contributed by atoms with Crippen LogP contribution in [0.1, 0.15) is 54.4 Å². The van der Waals surface area contributed by atoms with Crippen molar-refractivity contribution in [3.05, 3.63) is 0 Å². The molecule has 5 N–H and O–H groups in total. The summed E-state index contributed by atoms with van der Waals surface area (Å²) in [6.07, 6.45) is 6.99. The van der Waals surface area contributed by atoms with Crippen LogP contribution in [0.15, 0.2) is 0 Å². The molecule has 162 valence electrons. The molecule has 0 aromatic carbocycles. The van der Waals surface area contributed by atoms with E-state index in [4.69, 9.17) is 4.74 Å². The number of piperazine rings is 1. The molecule has 4 aliphatic rings. The maximum absolute atomic E-state index is 5.01. The molecule has 6 nitrogen and oxygen atoms in total. The minimum absolute atomic E-state index is 0. The maximum atomic E-state index is 5.01. The summed E-state index contributed by atoms with van der Waals surface area (Å²) in [5.41, 5.74) is 0. The minimum atomic E-state index is 0. The molecule has 0 radical (unpaired) electrons. The summed E-state index contributed by atoms with van der Waals surface area (Å²) < 4.78 is 5.01. The fraction of sp³-hybridized carbons (Fsp3) is 1.00. The summed E-state index contributed by atoms with van der Waals surface area (Å²) in [4.78, 5) is 0. The second kappa shape index (κ2) is 27.0. The Hall–Kier alpha value is -0.240. The highest BCUT2D eigenvalue weighted by molar-refractivity contribution is 4.59. The Labute approximate surface area is 165 Å². The first-order valence-corrected chi connectivity index (χ1v) is 9.61. The molecule has 0 atom stereocenters. The van der Waals surface area contributed by atoms with Crippen molar-refractivity contribution in [2.24, 2.45) is 0 Å². The standard InChI is InChI=1S/C5H11N.C4H10N2.C4H9NO.C4H9N.3CH4/c1-2-4-6-5-3-1;1-2-6-4-3-5-1;1-3-6-4-2-5-1;1-2-4-5-3-1;;;/h6H,1-5H2;5-6H,1-4H2;5H,1-4H2;5H,1-4H2;3*1H4. The number of hydrogen-bond donors (Lipinski definition) is 5. The molecule has 4 fully saturated rings. The first-order valence-electron chi connectivity index (χ1n) is 9.61. The smallest absolute Gasteiger partial charge is 0.0591 e. The molecule has 0 unspecified atom stereocenters. The van der Waals surface area contributed by atoms with Crippen LogP contribution in [0.2, 0.25) is 0 Å². The lowest BCUT2D eigenvalue weighted by molar-refractivity contribution is 0.109. The lowest BCUT2D eigenvalue weighted by Crippen LogP contribution is -2.39. The van der Waals surface area contributed by atoms with Crippen molar-refractivity contribution in [1.82, 2.24) is 26.6 Å². The van der Waals surface area contributed by atoms with Crippen molar-refractivity contribution in [3.8, 4) is 0 Å². The normalized spacial score (nSPS) is 21.2. The fourth-order valence-corrected chi connectivity index (χ4v) is 2.55. The number of ether oxygens (including phenoxy) is 1. The van der Waals surface area contributed by atoms with E-state index >= 15 is 0 Å². The molecule has 0 aromatic heterocycles. The summed E-state index contributed by atoms with van der Waals surface area (Å²) in [7, 11) is 0. The van der Waals surface area contributed by atoms with Crippen molar-refractivity contribution >= 4 is 0 Å². The highest BCUT2D eigenvalue weighted by Gasteiger charge is 1.94. The maximum Gasteiger partial charge on any atom is 0.0591 e. The van der Waals surface area contributed by atoms with Gasteiger partial charge in [0.25, 0.3) is 0 Å². The van der Waals surface area contributed by atoms with Crippen molar-refractivity contribution in [2.45, 2.75) is 54.4 Å². The molecule has 4 saturated heterocycles. The van der Waals surface area contributed by atoms with Crippen LogP contribution in [0.3, 0.4) is 0 Å². The third-order valence-corrected chi connectivity index (χ3v) is 3.97. The molecule has 26 heavy (non-hydrogen) atoms. The van der Waals surface area contributed by atoms with Gasteiger partial charge in [-0.05, 0) is 51.9 Å². The Morgan fingerprint density at radius 1 is 0.346 bits per heavy atom. The largest absolute Gasteiger partial charge is 0.379 e. The van der Waals surface area contributed by atoms with E-state index in [0.717, 1.165) is 52.5 Å². The summed E-state index contributed by atoms with van der Waals surface area (Å²) in [5.74, 6) is 0. The molecule has 4 rings (SSSR count). The molecule has 0 aromatic rings. The SMILES string of the molecule is C.C.C.C1CCNC1.C1CCNCC1.C1CNCCN1.C1COCCN1. The predicted octanol–water partition coefficient (Wildman–Crippen LogP) is 1.82. The predicted molar refractivity (Wildman–Crippen MR) is 118 cm³/mol. The fourth-order valence-electron chi connectivity index (χ4n) is 2.55. The van der Waals surface area contributed by atoms with E-state index in [-0.39, 0.29) is 22.3 Å². The van der Waals surface area contributed by atoms with E-state index in [9.17, 15) is 0 Å². The molecule has 4 heterocycles. The highest BCUT2D eigenvalue weighted by Crippen LogP contribution is 1.96. The zero-order chi connectivity index (χ0) is 16.3. The van der Waals surface area contributed by atoms with Gasteiger partial charge in [-0.3, -0.25) is 0 Å². The van der Waals surface area contributed by atoms with Crippen LogP contribution in [0.5, 0.6) is 0 Å². The van der Waals surface area contributed by atoms with Crippen LogP contribution in [-0.2, 0) is 4.74 Å². The number of morpholine rings is 1. The Balaban J connectivity index is -0.000000262. The molecule has 6 heteroatoms. The average molecular weight is 378 g/mol. The van der Waals surface area contributed by atoms with Gasteiger partial charge >= 0.3 is 0 Å².